The molecule has 1 aromatic heterocycles. The number of rotatable bonds is 3. The van der Waals surface area contributed by atoms with Gasteiger partial charge in [0.25, 0.3) is 5.91 Å². The monoisotopic (exact) mass is 379 g/mol. The Kier molecular flexibility index (Phi) is 4.03. The Hall–Kier alpha value is -2.63. The van der Waals surface area contributed by atoms with Crippen molar-refractivity contribution < 1.29 is 14.7 Å². The van der Waals surface area contributed by atoms with Gasteiger partial charge in [0.2, 0.25) is 0 Å². The van der Waals surface area contributed by atoms with Crippen molar-refractivity contribution in [3.05, 3.63) is 46.8 Å². The fraction of sp³-hybridized carbons (Fsp3) is 0.500. The Labute approximate surface area is 164 Å². The van der Waals surface area contributed by atoms with Crippen LogP contribution in [-0.2, 0) is 17.6 Å². The molecule has 0 spiro atoms. The van der Waals surface area contributed by atoms with Crippen LogP contribution >= 0.6 is 0 Å². The number of hydrogen-bond donors (Lipinski definition) is 1. The van der Waals surface area contributed by atoms with Gasteiger partial charge in [0, 0.05) is 17.8 Å². The third-order valence-electron chi connectivity index (χ3n) is 6.88. The second-order valence-electron chi connectivity index (χ2n) is 8.42. The Morgan fingerprint density at radius 1 is 1.14 bits per heavy atom. The Bertz CT molecular complexity index is 964. The third-order valence-corrected chi connectivity index (χ3v) is 6.88. The van der Waals surface area contributed by atoms with Crippen molar-refractivity contribution in [2.75, 3.05) is 6.54 Å². The van der Waals surface area contributed by atoms with E-state index in [0.717, 1.165) is 61.0 Å². The molecule has 2 aliphatic carbocycles. The van der Waals surface area contributed by atoms with Gasteiger partial charge >= 0.3 is 5.97 Å². The van der Waals surface area contributed by atoms with E-state index in [1.165, 1.54) is 0 Å². The van der Waals surface area contributed by atoms with Crippen LogP contribution in [0.1, 0.15) is 53.0 Å². The number of nitrogens with zero attached hydrogens (tertiary/aromatic N) is 3. The Morgan fingerprint density at radius 3 is 2.75 bits per heavy atom. The maximum atomic E-state index is 13.5. The standard InChI is InChI=1S/C22H25N3O3/c1-13-6-2-3-10-17(13)25-18-11-5-9-16(18)19(23-25)21(26)24-12-14-7-4-8-15(14)20(24)22(27)28/h2-3,6,10,14-15,20H,4-5,7-9,11-12H2,1H3,(H,27,28). The van der Waals surface area contributed by atoms with E-state index in [-0.39, 0.29) is 11.8 Å². The summed E-state index contributed by atoms with van der Waals surface area (Å²) in [6, 6.07) is 7.34. The molecular weight excluding hydrogens is 354 g/mol. The van der Waals surface area contributed by atoms with Gasteiger partial charge in [-0.25, -0.2) is 9.48 Å². The molecule has 5 rings (SSSR count). The van der Waals surface area contributed by atoms with Crippen molar-refractivity contribution in [1.29, 1.82) is 0 Å². The number of carboxylic acid groups (broad SMARTS) is 1. The molecule has 2 aromatic rings. The molecule has 1 saturated carbocycles. The summed E-state index contributed by atoms with van der Waals surface area (Å²) in [7, 11) is 0. The molecule has 1 aliphatic heterocycles. The predicted molar refractivity (Wildman–Crippen MR) is 104 cm³/mol. The van der Waals surface area contributed by atoms with E-state index in [2.05, 4.69) is 0 Å². The average Bonchev–Trinajstić information content (AvgIpc) is 3.41. The van der Waals surface area contributed by atoms with Gasteiger partial charge in [0.05, 0.1) is 5.69 Å². The first-order valence-electron chi connectivity index (χ1n) is 10.3. The van der Waals surface area contributed by atoms with Crippen molar-refractivity contribution in [2.24, 2.45) is 11.8 Å². The fourth-order valence-electron chi connectivity index (χ4n) is 5.58. The minimum absolute atomic E-state index is 0.0907. The van der Waals surface area contributed by atoms with Gasteiger partial charge in [-0.2, -0.15) is 5.10 Å². The summed E-state index contributed by atoms with van der Waals surface area (Å²) < 4.78 is 1.91. The van der Waals surface area contributed by atoms with Gasteiger partial charge in [0.1, 0.15) is 6.04 Å². The van der Waals surface area contributed by atoms with Crippen molar-refractivity contribution in [3.8, 4) is 5.69 Å². The van der Waals surface area contributed by atoms with Crippen LogP contribution in [0.5, 0.6) is 0 Å². The van der Waals surface area contributed by atoms with Crippen LogP contribution in [-0.4, -0.2) is 44.3 Å². The third kappa shape index (κ3) is 2.50. The number of aryl methyl sites for hydroxylation is 1. The maximum absolute atomic E-state index is 13.5. The number of amides is 1. The highest BCUT2D eigenvalue weighted by atomic mass is 16.4. The summed E-state index contributed by atoms with van der Waals surface area (Å²) in [6.45, 7) is 2.59. The normalized spacial score (nSPS) is 25.8. The lowest BCUT2D eigenvalue weighted by Gasteiger charge is -2.24. The van der Waals surface area contributed by atoms with Gasteiger partial charge in [-0.15, -0.1) is 0 Å². The molecule has 2 fully saturated rings. The van der Waals surface area contributed by atoms with Crippen LogP contribution in [0.15, 0.2) is 24.3 Å². The number of fused-ring (bicyclic) bond motifs is 2. The molecular formula is C22H25N3O3. The van der Waals surface area contributed by atoms with Gasteiger partial charge in [-0.1, -0.05) is 24.6 Å². The quantitative estimate of drug-likeness (QED) is 0.890. The van der Waals surface area contributed by atoms with E-state index in [9.17, 15) is 14.7 Å². The number of hydrogen-bond acceptors (Lipinski definition) is 3. The summed E-state index contributed by atoms with van der Waals surface area (Å²) >= 11 is 0. The van der Waals surface area contributed by atoms with Gasteiger partial charge < -0.3 is 10.0 Å². The highest BCUT2D eigenvalue weighted by molar-refractivity contribution is 5.97. The molecule has 1 amide bonds. The maximum Gasteiger partial charge on any atom is 0.326 e. The smallest absolute Gasteiger partial charge is 0.326 e. The molecule has 3 aliphatic rings. The highest BCUT2D eigenvalue weighted by Gasteiger charge is 2.50. The molecule has 1 saturated heterocycles. The number of para-hydroxylation sites is 1. The predicted octanol–water partition coefficient (Wildman–Crippen LogP) is 2.99. The minimum Gasteiger partial charge on any atom is -0.480 e. The highest BCUT2D eigenvalue weighted by Crippen LogP contribution is 2.43. The summed E-state index contributed by atoms with van der Waals surface area (Å²) in [6.07, 6.45) is 5.73. The second-order valence-corrected chi connectivity index (χ2v) is 8.42. The number of carboxylic acids is 1. The molecule has 1 aromatic carbocycles. The summed E-state index contributed by atoms with van der Waals surface area (Å²) in [5, 5.41) is 14.5. The number of likely N-dealkylation sites (tertiary alicyclic amines) is 1. The van der Waals surface area contributed by atoms with E-state index in [4.69, 9.17) is 5.10 Å². The average molecular weight is 379 g/mol. The lowest BCUT2D eigenvalue weighted by Crippen LogP contribution is -2.43. The van der Waals surface area contributed by atoms with Crippen molar-refractivity contribution in [1.82, 2.24) is 14.7 Å². The summed E-state index contributed by atoms with van der Waals surface area (Å²) in [5.74, 6) is -0.672. The van der Waals surface area contributed by atoms with Gasteiger partial charge in [0.15, 0.2) is 5.69 Å². The number of benzene rings is 1. The molecule has 0 radical (unpaired) electrons. The zero-order chi connectivity index (χ0) is 19.4. The van der Waals surface area contributed by atoms with Gasteiger partial charge in [-0.05, 0) is 62.5 Å². The Morgan fingerprint density at radius 2 is 1.96 bits per heavy atom. The van der Waals surface area contributed by atoms with Crippen LogP contribution in [0.25, 0.3) is 5.69 Å². The number of carbonyl (C=O) groups excluding carboxylic acids is 1. The SMILES string of the molecule is Cc1ccccc1-n1nc(C(=O)N2CC3CCCC3C2C(=O)O)c2c1CCC2. The molecule has 28 heavy (non-hydrogen) atoms. The van der Waals surface area contributed by atoms with Crippen LogP contribution in [0.2, 0.25) is 0 Å². The van der Waals surface area contributed by atoms with E-state index >= 15 is 0 Å². The van der Waals surface area contributed by atoms with E-state index in [1.807, 2.05) is 35.9 Å². The van der Waals surface area contributed by atoms with Gasteiger partial charge in [-0.3, -0.25) is 4.79 Å². The molecule has 2 heterocycles. The first-order valence-corrected chi connectivity index (χ1v) is 10.3. The van der Waals surface area contributed by atoms with Crippen LogP contribution < -0.4 is 0 Å². The minimum atomic E-state index is -0.877. The molecule has 3 atom stereocenters. The van der Waals surface area contributed by atoms with Crippen LogP contribution in [0.4, 0.5) is 0 Å². The van der Waals surface area contributed by atoms with Crippen LogP contribution in [0, 0.1) is 18.8 Å². The zero-order valence-corrected chi connectivity index (χ0v) is 16.1. The van der Waals surface area contributed by atoms with E-state index < -0.39 is 12.0 Å². The topological polar surface area (TPSA) is 75.4 Å². The van der Waals surface area contributed by atoms with E-state index in [1.54, 1.807) is 4.90 Å². The summed E-state index contributed by atoms with van der Waals surface area (Å²) in [4.78, 5) is 27.0. The largest absolute Gasteiger partial charge is 0.480 e. The first-order chi connectivity index (χ1) is 13.6. The molecule has 146 valence electrons. The van der Waals surface area contributed by atoms with Crippen LogP contribution in [0.3, 0.4) is 0 Å². The van der Waals surface area contributed by atoms with Crippen molar-refractivity contribution >= 4 is 11.9 Å². The van der Waals surface area contributed by atoms with Crippen molar-refractivity contribution in [3.63, 3.8) is 0 Å². The zero-order valence-electron chi connectivity index (χ0n) is 16.1. The lowest BCUT2D eigenvalue weighted by molar-refractivity contribution is -0.142. The number of aromatic nitrogens is 2. The lowest BCUT2D eigenvalue weighted by atomic mass is 9.94. The molecule has 3 unspecified atom stereocenters. The molecule has 6 nitrogen and oxygen atoms in total. The molecule has 1 N–H and O–H groups in total. The summed E-state index contributed by atoms with van der Waals surface area (Å²) in [5.41, 5.74) is 4.67. The first kappa shape index (κ1) is 17.5. The second kappa shape index (κ2) is 6.47. The number of aliphatic carboxylic acids is 1. The van der Waals surface area contributed by atoms with Crippen molar-refractivity contribution in [2.45, 2.75) is 51.5 Å². The Balaban J connectivity index is 1.55. The molecule has 0 bridgehead atoms. The fourth-order valence-corrected chi connectivity index (χ4v) is 5.58. The molecule has 6 heteroatoms. The number of carbonyl (C=O) groups is 2. The van der Waals surface area contributed by atoms with E-state index in [0.29, 0.717) is 18.2 Å².